The molecule has 2 saturated heterocycles. The summed E-state index contributed by atoms with van der Waals surface area (Å²) in [7, 11) is 0. The fourth-order valence-electron chi connectivity index (χ4n) is 6.46. The summed E-state index contributed by atoms with van der Waals surface area (Å²) in [6.45, 7) is 5.45. The van der Waals surface area contributed by atoms with E-state index in [2.05, 4.69) is 15.6 Å². The number of hydrogen-bond acceptors (Lipinski definition) is 9. The lowest BCUT2D eigenvalue weighted by atomic mass is 9.93. The number of fused-ring (bicyclic) bond motifs is 1. The molecule has 1 saturated carbocycles. The number of rotatable bonds is 14. The Morgan fingerprint density at radius 2 is 1.74 bits per heavy atom. The van der Waals surface area contributed by atoms with Gasteiger partial charge in [-0.25, -0.2) is 9.78 Å². The van der Waals surface area contributed by atoms with Crippen LogP contribution in [0.15, 0.2) is 24.3 Å². The van der Waals surface area contributed by atoms with Crippen LogP contribution in [0.5, 0.6) is 5.75 Å². The van der Waals surface area contributed by atoms with Gasteiger partial charge in [0.2, 0.25) is 11.8 Å². The molecule has 1 aromatic carbocycles. The van der Waals surface area contributed by atoms with E-state index in [-0.39, 0.29) is 74.4 Å². The van der Waals surface area contributed by atoms with Crippen LogP contribution in [0.25, 0.3) is 10.9 Å². The molecule has 1 aliphatic carbocycles. The van der Waals surface area contributed by atoms with Gasteiger partial charge in [0.25, 0.3) is 11.8 Å². The van der Waals surface area contributed by atoms with E-state index in [9.17, 15) is 29.1 Å². The van der Waals surface area contributed by atoms with Crippen molar-refractivity contribution in [1.29, 1.82) is 0 Å². The smallest absolute Gasteiger partial charge is 0.409 e. The molecule has 0 bridgehead atoms. The Bertz CT molecular complexity index is 1540. The highest BCUT2D eigenvalue weighted by Gasteiger charge is 2.36. The quantitative estimate of drug-likeness (QED) is 0.252. The second-order valence-corrected chi connectivity index (χ2v) is 13.4. The molecule has 50 heavy (non-hydrogen) atoms. The number of ether oxygens (including phenoxy) is 2. The number of aryl methyl sites for hydroxylation is 1. The summed E-state index contributed by atoms with van der Waals surface area (Å²) in [6, 6.07) is 5.69. The Kier molecular flexibility index (Phi) is 12.9. The summed E-state index contributed by atoms with van der Waals surface area (Å²) in [5.41, 5.74) is 1.40. The number of unbranched alkanes of at least 4 members (excludes halogenated alkanes) is 1. The molecule has 5 rings (SSSR count). The largest absolute Gasteiger partial charge is 0.483 e. The number of aliphatic hydroxyl groups excluding tert-OH is 1. The van der Waals surface area contributed by atoms with Gasteiger partial charge < -0.3 is 39.9 Å². The third-order valence-corrected chi connectivity index (χ3v) is 9.67. The summed E-state index contributed by atoms with van der Waals surface area (Å²) < 4.78 is 11.3. The second kappa shape index (κ2) is 17.5. The van der Waals surface area contributed by atoms with Crippen molar-refractivity contribution in [2.24, 2.45) is 0 Å². The molecule has 0 unspecified atom stereocenters. The Hall–Kier alpha value is -4.46. The molecule has 0 spiro atoms. The van der Waals surface area contributed by atoms with Crippen molar-refractivity contribution in [2.45, 2.75) is 89.8 Å². The van der Waals surface area contributed by atoms with E-state index >= 15 is 0 Å². The second-order valence-electron chi connectivity index (χ2n) is 13.4. The number of hydrogen-bond donors (Lipinski definition) is 3. The van der Waals surface area contributed by atoms with Gasteiger partial charge in [-0.3, -0.25) is 19.2 Å². The first-order chi connectivity index (χ1) is 24.2. The van der Waals surface area contributed by atoms with Gasteiger partial charge in [0.15, 0.2) is 6.61 Å². The topological polar surface area (TPSA) is 171 Å². The van der Waals surface area contributed by atoms with Crippen molar-refractivity contribution in [3.63, 3.8) is 0 Å². The van der Waals surface area contributed by atoms with Gasteiger partial charge in [0, 0.05) is 56.8 Å². The fourth-order valence-corrected chi connectivity index (χ4v) is 6.46. The van der Waals surface area contributed by atoms with E-state index in [1.54, 1.807) is 14.7 Å². The van der Waals surface area contributed by atoms with Crippen LogP contribution >= 0.6 is 0 Å². The number of amides is 5. The monoisotopic (exact) mass is 694 g/mol. The third kappa shape index (κ3) is 9.20. The zero-order chi connectivity index (χ0) is 35.6. The van der Waals surface area contributed by atoms with Crippen LogP contribution in [0, 0.1) is 6.92 Å². The predicted octanol–water partition coefficient (Wildman–Crippen LogP) is 2.53. The van der Waals surface area contributed by atoms with Gasteiger partial charge in [0.1, 0.15) is 23.5 Å². The van der Waals surface area contributed by atoms with Gasteiger partial charge in [-0.05, 0) is 76.0 Å². The summed E-state index contributed by atoms with van der Waals surface area (Å²) in [4.78, 5) is 75.2. The molecule has 0 radical (unpaired) electrons. The SMILES string of the molecule is CCCCOC(=O)N1CCN(C(=O)[C@H](CCCO)NC(=O)c2cc(OCC(=O)N3CCC[C@H]3C(=O)NC3CCC3)c3ccc(C)cc3n2)CC1. The minimum atomic E-state index is -0.933. The number of aromatic nitrogens is 1. The highest BCUT2D eigenvalue weighted by molar-refractivity contribution is 5.99. The first kappa shape index (κ1) is 36.8. The molecule has 14 nitrogen and oxygen atoms in total. The zero-order valence-electron chi connectivity index (χ0n) is 29.2. The van der Waals surface area contributed by atoms with E-state index in [1.165, 1.54) is 6.07 Å². The molecule has 2 atom stereocenters. The van der Waals surface area contributed by atoms with Crippen LogP contribution in [0.3, 0.4) is 0 Å². The highest BCUT2D eigenvalue weighted by atomic mass is 16.6. The Morgan fingerprint density at radius 3 is 2.44 bits per heavy atom. The molecule has 3 N–H and O–H groups in total. The molecule has 2 aliphatic heterocycles. The van der Waals surface area contributed by atoms with Gasteiger partial charge in [0.05, 0.1) is 12.1 Å². The highest BCUT2D eigenvalue weighted by Crippen LogP contribution is 2.28. The molecule has 2 aromatic rings. The summed E-state index contributed by atoms with van der Waals surface area (Å²) in [5.74, 6) is -1.08. The van der Waals surface area contributed by atoms with Gasteiger partial charge in [-0.2, -0.15) is 0 Å². The van der Waals surface area contributed by atoms with Gasteiger partial charge in [-0.15, -0.1) is 0 Å². The van der Waals surface area contributed by atoms with Gasteiger partial charge in [-0.1, -0.05) is 19.4 Å². The maximum Gasteiger partial charge on any atom is 0.409 e. The minimum Gasteiger partial charge on any atom is -0.483 e. The van der Waals surface area contributed by atoms with Crippen LogP contribution < -0.4 is 15.4 Å². The van der Waals surface area contributed by atoms with Crippen LogP contribution in [0.4, 0.5) is 4.79 Å². The van der Waals surface area contributed by atoms with Crippen molar-refractivity contribution in [3.05, 3.63) is 35.5 Å². The lowest BCUT2D eigenvalue weighted by Gasteiger charge is -2.36. The van der Waals surface area contributed by atoms with Crippen LogP contribution in [0.1, 0.15) is 80.8 Å². The van der Waals surface area contributed by atoms with Gasteiger partial charge >= 0.3 is 6.09 Å². The lowest BCUT2D eigenvalue weighted by molar-refractivity contribution is -0.140. The molecule has 3 aliphatic rings. The van der Waals surface area contributed by atoms with E-state index in [0.717, 1.165) is 44.1 Å². The average molecular weight is 695 g/mol. The number of likely N-dealkylation sites (tertiary alicyclic amines) is 1. The van der Waals surface area contributed by atoms with Crippen LogP contribution in [-0.4, -0.2) is 125 Å². The van der Waals surface area contributed by atoms with Crippen molar-refractivity contribution in [1.82, 2.24) is 30.3 Å². The van der Waals surface area contributed by atoms with Crippen molar-refractivity contribution < 1.29 is 38.6 Å². The molecule has 5 amide bonds. The zero-order valence-corrected chi connectivity index (χ0v) is 29.2. The predicted molar refractivity (Wildman–Crippen MR) is 184 cm³/mol. The maximum atomic E-state index is 13.7. The number of benzene rings is 1. The first-order valence-electron chi connectivity index (χ1n) is 17.9. The third-order valence-electron chi connectivity index (χ3n) is 9.67. The summed E-state index contributed by atoms with van der Waals surface area (Å²) >= 11 is 0. The number of pyridine rings is 1. The Balaban J connectivity index is 1.25. The number of carbonyl (C=O) groups excluding carboxylic acids is 5. The standard InChI is InChI=1S/C36H50N6O8/c1-3-4-20-49-36(48)41-17-15-40(16-18-41)35(47)27(10-7-19-43)39-33(45)29-22-31(26-13-12-24(2)21-28(26)38-29)50-23-32(44)42-14-6-11-30(42)34(46)37-25-8-5-9-25/h12-13,21-22,25,27,30,43H,3-11,14-20,23H2,1-2H3,(H,37,46)(H,39,45)/t27-,30-/m0/s1. The lowest BCUT2D eigenvalue weighted by Crippen LogP contribution is -2.56. The molecule has 272 valence electrons. The Labute approximate surface area is 292 Å². The number of nitrogens with one attached hydrogen (secondary N) is 2. The number of aliphatic hydroxyl groups is 1. The van der Waals surface area contributed by atoms with E-state index in [0.29, 0.717) is 43.6 Å². The normalized spacial score (nSPS) is 18.4. The number of piperazine rings is 1. The number of carbonyl (C=O) groups is 5. The number of nitrogens with zero attached hydrogens (tertiary/aromatic N) is 4. The molecule has 14 heteroatoms. The van der Waals surface area contributed by atoms with E-state index in [4.69, 9.17) is 9.47 Å². The molecule has 3 heterocycles. The molecular weight excluding hydrogens is 644 g/mol. The van der Waals surface area contributed by atoms with Crippen molar-refractivity contribution in [3.8, 4) is 5.75 Å². The summed E-state index contributed by atoms with van der Waals surface area (Å²) in [5, 5.41) is 16.0. The summed E-state index contributed by atoms with van der Waals surface area (Å²) in [6.07, 6.45) is 6.15. The maximum absolute atomic E-state index is 13.7. The Morgan fingerprint density at radius 1 is 0.980 bits per heavy atom. The first-order valence-corrected chi connectivity index (χ1v) is 17.9. The van der Waals surface area contributed by atoms with Crippen molar-refractivity contribution in [2.75, 3.05) is 52.5 Å². The fraction of sp³-hybridized carbons (Fsp3) is 0.611. The van der Waals surface area contributed by atoms with Crippen LogP contribution in [-0.2, 0) is 19.1 Å². The van der Waals surface area contributed by atoms with E-state index in [1.807, 2.05) is 32.0 Å². The average Bonchev–Trinajstić information content (AvgIpc) is 3.60. The molecular formula is C36H50N6O8. The molecule has 1 aromatic heterocycles. The van der Waals surface area contributed by atoms with Crippen molar-refractivity contribution >= 4 is 40.6 Å². The van der Waals surface area contributed by atoms with Crippen LogP contribution in [0.2, 0.25) is 0 Å². The minimum absolute atomic E-state index is 0.00548. The molecule has 3 fully saturated rings. The van der Waals surface area contributed by atoms with E-state index < -0.39 is 24.1 Å².